The Labute approximate surface area is 158 Å². The van der Waals surface area contributed by atoms with Crippen molar-refractivity contribution in [3.05, 3.63) is 63.5 Å². The second-order valence-electron chi connectivity index (χ2n) is 6.78. The Morgan fingerprint density at radius 2 is 1.50 bits per heavy atom. The third kappa shape index (κ3) is 2.55. The van der Waals surface area contributed by atoms with Gasteiger partial charge in [0.1, 0.15) is 6.54 Å². The maximum Gasteiger partial charge on any atom is 0.330 e. The molecule has 0 saturated carbocycles. The fraction of sp³-hybridized carbons (Fsp3) is 0.389. The molecule has 0 radical (unpaired) electrons. The number of nitriles is 1. The van der Waals surface area contributed by atoms with E-state index in [1.807, 2.05) is 6.07 Å². The van der Waals surface area contributed by atoms with Crippen molar-refractivity contribution in [1.29, 1.82) is 5.26 Å². The number of fused-ring (bicyclic) bond motifs is 1. The molecule has 0 aliphatic carbocycles. The van der Waals surface area contributed by atoms with Gasteiger partial charge in [0.15, 0.2) is 0 Å². The van der Waals surface area contributed by atoms with Gasteiger partial charge in [-0.3, -0.25) is 23.3 Å². The summed E-state index contributed by atoms with van der Waals surface area (Å²) in [6.07, 6.45) is 3.11. The molecule has 0 N–H and O–H groups in total. The van der Waals surface area contributed by atoms with Crippen LogP contribution < -0.4 is 33.1 Å². The first-order chi connectivity index (χ1) is 13.1. The van der Waals surface area contributed by atoms with Crippen LogP contribution in [0.15, 0.2) is 19.2 Å². The van der Waals surface area contributed by atoms with Crippen molar-refractivity contribution in [2.24, 2.45) is 28.2 Å². The van der Waals surface area contributed by atoms with Crippen molar-refractivity contribution >= 4 is 12.3 Å². The highest BCUT2D eigenvalue weighted by molar-refractivity contribution is 5.46. The molecule has 1 unspecified atom stereocenters. The van der Waals surface area contributed by atoms with Crippen LogP contribution in [0.25, 0.3) is 12.3 Å². The summed E-state index contributed by atoms with van der Waals surface area (Å²) in [6.45, 7) is 1.57. The Morgan fingerprint density at radius 3 is 2.11 bits per heavy atom. The quantitative estimate of drug-likeness (QED) is 0.506. The molecule has 0 fully saturated rings. The van der Waals surface area contributed by atoms with E-state index in [-0.39, 0.29) is 17.3 Å². The Balaban J connectivity index is 2.49. The zero-order valence-electron chi connectivity index (χ0n) is 16.3. The molecule has 0 amide bonds. The van der Waals surface area contributed by atoms with Crippen molar-refractivity contribution in [3.63, 3.8) is 0 Å². The van der Waals surface area contributed by atoms with E-state index in [0.717, 1.165) is 9.13 Å². The van der Waals surface area contributed by atoms with Gasteiger partial charge in [-0.25, -0.2) is 9.59 Å². The van der Waals surface area contributed by atoms with E-state index >= 15 is 0 Å². The first kappa shape index (κ1) is 19.2. The van der Waals surface area contributed by atoms with Crippen molar-refractivity contribution < 1.29 is 0 Å². The predicted molar refractivity (Wildman–Crippen MR) is 102 cm³/mol. The fourth-order valence-electron chi connectivity index (χ4n) is 3.48. The monoisotopic (exact) mass is 384 g/mol. The van der Waals surface area contributed by atoms with E-state index in [1.54, 1.807) is 24.9 Å². The molecule has 2 aromatic rings. The maximum atomic E-state index is 12.9. The molecule has 1 aliphatic heterocycles. The van der Waals surface area contributed by atoms with Gasteiger partial charge >= 0.3 is 11.4 Å². The predicted octanol–water partition coefficient (Wildman–Crippen LogP) is -3.11. The van der Waals surface area contributed by atoms with Crippen molar-refractivity contribution in [2.75, 3.05) is 6.54 Å². The van der Waals surface area contributed by atoms with E-state index < -0.39 is 28.5 Å². The van der Waals surface area contributed by atoms with E-state index in [9.17, 15) is 24.4 Å². The highest BCUT2D eigenvalue weighted by atomic mass is 16.2. The van der Waals surface area contributed by atoms with Gasteiger partial charge in [-0.05, 0) is 13.0 Å². The smallest absolute Gasteiger partial charge is 0.330 e. The summed E-state index contributed by atoms with van der Waals surface area (Å²) in [5.41, 5.74) is -1.21. The molecule has 10 nitrogen and oxygen atoms in total. The Morgan fingerprint density at radius 1 is 0.929 bits per heavy atom. The third-order valence-electron chi connectivity index (χ3n) is 5.27. The summed E-state index contributed by atoms with van der Waals surface area (Å²) in [5, 5.41) is 9.87. The lowest BCUT2D eigenvalue weighted by atomic mass is 10.0. The first-order valence-electron chi connectivity index (χ1n) is 8.50. The lowest BCUT2D eigenvalue weighted by Crippen LogP contribution is -2.59. The van der Waals surface area contributed by atoms with Crippen LogP contribution in [-0.2, 0) is 28.2 Å². The van der Waals surface area contributed by atoms with Gasteiger partial charge in [0.05, 0.1) is 28.2 Å². The first-order valence-corrected chi connectivity index (χ1v) is 8.50. The fourth-order valence-corrected chi connectivity index (χ4v) is 3.48. The van der Waals surface area contributed by atoms with Gasteiger partial charge in [-0.2, -0.15) is 5.26 Å². The lowest BCUT2D eigenvalue weighted by Gasteiger charge is -2.30. The van der Waals surface area contributed by atoms with Crippen LogP contribution in [-0.4, -0.2) is 29.7 Å². The average Bonchev–Trinajstić information content (AvgIpc) is 2.68. The summed E-state index contributed by atoms with van der Waals surface area (Å²) >= 11 is 0. The standard InChI is InChI=1S/C18H20N6O4/c1-10-14(16(26)23(5)17(27)20(10)2)12-8-11-13(9-24(12)7-6-19)21(3)18(28)22(4)15(11)25/h8-9,12H,7H2,1-5H3. The minimum Gasteiger partial charge on any atom is -0.351 e. The summed E-state index contributed by atoms with van der Waals surface area (Å²) in [5.74, 6) is 0. The minimum atomic E-state index is -0.733. The minimum absolute atomic E-state index is 0.0740. The normalized spacial score (nSPS) is 15.4. The summed E-state index contributed by atoms with van der Waals surface area (Å²) in [7, 11) is 5.85. The van der Waals surface area contributed by atoms with Crippen LogP contribution in [0.3, 0.4) is 0 Å². The van der Waals surface area contributed by atoms with Gasteiger partial charge in [0.25, 0.3) is 11.1 Å². The molecule has 10 heteroatoms. The molecular formula is C18H20N6O4. The maximum absolute atomic E-state index is 12.9. The third-order valence-corrected chi connectivity index (χ3v) is 5.27. The van der Waals surface area contributed by atoms with E-state index in [2.05, 4.69) is 0 Å². The van der Waals surface area contributed by atoms with Gasteiger partial charge < -0.3 is 9.47 Å². The molecule has 0 aromatic carbocycles. The highest BCUT2D eigenvalue weighted by Crippen LogP contribution is 2.22. The van der Waals surface area contributed by atoms with Gasteiger partial charge in [0.2, 0.25) is 0 Å². The van der Waals surface area contributed by atoms with Crippen LogP contribution in [0, 0.1) is 18.3 Å². The van der Waals surface area contributed by atoms with Gasteiger partial charge in [-0.15, -0.1) is 0 Å². The molecule has 2 aromatic heterocycles. The molecular weight excluding hydrogens is 364 g/mol. The SMILES string of the molecule is Cc1c(C2C=c3c(=O)n(C)c(=O)n(C)c3=CN2CC#N)c(=O)n(C)c(=O)n1C. The van der Waals surface area contributed by atoms with E-state index in [4.69, 9.17) is 0 Å². The van der Waals surface area contributed by atoms with E-state index in [1.165, 1.54) is 36.5 Å². The molecule has 28 heavy (non-hydrogen) atoms. The van der Waals surface area contributed by atoms with Crippen molar-refractivity contribution in [3.8, 4) is 6.07 Å². The zero-order chi connectivity index (χ0) is 20.9. The molecule has 0 spiro atoms. The molecule has 3 rings (SSSR count). The Bertz CT molecular complexity index is 1400. The second kappa shape index (κ2) is 6.53. The average molecular weight is 384 g/mol. The van der Waals surface area contributed by atoms with Crippen LogP contribution in [0.2, 0.25) is 0 Å². The van der Waals surface area contributed by atoms with Crippen molar-refractivity contribution in [1.82, 2.24) is 23.2 Å². The summed E-state index contributed by atoms with van der Waals surface area (Å²) in [6, 6.07) is 1.30. The molecule has 146 valence electrons. The van der Waals surface area contributed by atoms with Crippen LogP contribution in [0.1, 0.15) is 17.3 Å². The summed E-state index contributed by atoms with van der Waals surface area (Å²) < 4.78 is 4.66. The van der Waals surface area contributed by atoms with E-state index in [0.29, 0.717) is 11.0 Å². The molecule has 1 atom stereocenters. The number of aromatic nitrogens is 4. The van der Waals surface area contributed by atoms with Crippen LogP contribution in [0.5, 0.6) is 0 Å². The Hall–Kier alpha value is -3.61. The molecule has 0 bridgehead atoms. The number of hydrogen-bond donors (Lipinski definition) is 0. The molecule has 3 heterocycles. The summed E-state index contributed by atoms with van der Waals surface area (Å²) in [4.78, 5) is 51.5. The number of nitrogens with zero attached hydrogens (tertiary/aromatic N) is 6. The topological polar surface area (TPSA) is 115 Å². The zero-order valence-corrected chi connectivity index (χ0v) is 16.3. The highest BCUT2D eigenvalue weighted by Gasteiger charge is 2.27. The largest absolute Gasteiger partial charge is 0.351 e. The number of rotatable bonds is 2. The second-order valence-corrected chi connectivity index (χ2v) is 6.78. The lowest BCUT2D eigenvalue weighted by molar-refractivity contribution is 0.394. The molecule has 0 saturated heterocycles. The van der Waals surface area contributed by atoms with Crippen LogP contribution >= 0.6 is 0 Å². The molecule has 1 aliphatic rings. The van der Waals surface area contributed by atoms with Crippen LogP contribution in [0.4, 0.5) is 0 Å². The van der Waals surface area contributed by atoms with Crippen molar-refractivity contribution in [2.45, 2.75) is 13.0 Å². The Kier molecular flexibility index (Phi) is 4.47. The number of hydrogen-bond acceptors (Lipinski definition) is 6. The van der Waals surface area contributed by atoms with Gasteiger partial charge in [0, 0.05) is 40.1 Å². The van der Waals surface area contributed by atoms with Gasteiger partial charge in [-0.1, -0.05) is 0 Å².